The van der Waals surface area contributed by atoms with Crippen LogP contribution in [0.5, 0.6) is 0 Å². The Kier molecular flexibility index (Phi) is 3.67. The minimum Gasteiger partial charge on any atom is -0.352 e. The van der Waals surface area contributed by atoms with Crippen LogP contribution in [0.25, 0.3) is 0 Å². The Hall–Kier alpha value is -0.700. The lowest BCUT2D eigenvalue weighted by molar-refractivity contribution is -0.119. The van der Waals surface area contributed by atoms with Gasteiger partial charge in [-0.25, -0.2) is 18.1 Å². The summed E-state index contributed by atoms with van der Waals surface area (Å²) in [4.78, 5) is 14.6. The van der Waals surface area contributed by atoms with Crippen molar-refractivity contribution in [1.82, 2.24) is 15.0 Å². The van der Waals surface area contributed by atoms with Crippen molar-refractivity contribution in [1.29, 1.82) is 0 Å². The van der Waals surface area contributed by atoms with Crippen LogP contribution in [0.3, 0.4) is 0 Å². The zero-order valence-electron chi connectivity index (χ0n) is 8.64. The predicted molar refractivity (Wildman–Crippen MR) is 63.5 cm³/mol. The SMILES string of the molecule is O=C1CCC(CNS(=O)(=O)c2cnc(Cl)s2)N1. The lowest BCUT2D eigenvalue weighted by Crippen LogP contribution is -2.38. The number of nitrogens with one attached hydrogen (secondary N) is 2. The third kappa shape index (κ3) is 3.15. The summed E-state index contributed by atoms with van der Waals surface area (Å²) in [5.74, 6) is -0.0463. The van der Waals surface area contributed by atoms with Gasteiger partial charge in [0.05, 0.1) is 6.20 Å². The van der Waals surface area contributed by atoms with Crippen molar-refractivity contribution in [2.45, 2.75) is 23.1 Å². The molecule has 94 valence electrons. The second-order valence-electron chi connectivity index (χ2n) is 3.59. The van der Waals surface area contributed by atoms with Crippen molar-refractivity contribution < 1.29 is 13.2 Å². The number of carbonyl (C=O) groups excluding carboxylic acids is 1. The molecule has 1 saturated heterocycles. The van der Waals surface area contributed by atoms with Gasteiger partial charge in [-0.05, 0) is 6.42 Å². The molecule has 0 spiro atoms. The van der Waals surface area contributed by atoms with Crippen LogP contribution in [0.2, 0.25) is 4.47 Å². The van der Waals surface area contributed by atoms with Crippen LogP contribution in [-0.4, -0.2) is 31.9 Å². The molecule has 0 bridgehead atoms. The number of hydrogen-bond donors (Lipinski definition) is 2. The molecule has 0 radical (unpaired) electrons. The van der Waals surface area contributed by atoms with Crippen LogP contribution < -0.4 is 10.0 Å². The van der Waals surface area contributed by atoms with Gasteiger partial charge in [-0.15, -0.1) is 0 Å². The fraction of sp³-hybridized carbons (Fsp3) is 0.500. The van der Waals surface area contributed by atoms with E-state index in [0.29, 0.717) is 12.8 Å². The van der Waals surface area contributed by atoms with Gasteiger partial charge in [-0.2, -0.15) is 0 Å². The Morgan fingerprint density at radius 2 is 2.41 bits per heavy atom. The Morgan fingerprint density at radius 1 is 1.65 bits per heavy atom. The van der Waals surface area contributed by atoms with Crippen molar-refractivity contribution in [3.8, 4) is 0 Å². The molecule has 0 saturated carbocycles. The number of nitrogens with zero attached hydrogens (tertiary/aromatic N) is 1. The Balaban J connectivity index is 1.96. The second-order valence-corrected chi connectivity index (χ2v) is 7.19. The molecule has 1 atom stereocenters. The quantitative estimate of drug-likeness (QED) is 0.839. The normalized spacial score (nSPS) is 20.5. The number of rotatable bonds is 4. The summed E-state index contributed by atoms with van der Waals surface area (Å²) < 4.78 is 26.2. The number of sulfonamides is 1. The van der Waals surface area contributed by atoms with Crippen LogP contribution in [-0.2, 0) is 14.8 Å². The molecule has 1 aliphatic rings. The number of carbonyl (C=O) groups is 1. The molecular weight excluding hydrogens is 286 g/mol. The lowest BCUT2D eigenvalue weighted by atomic mass is 10.2. The summed E-state index contributed by atoms with van der Waals surface area (Å²) in [5, 5.41) is 2.68. The van der Waals surface area contributed by atoms with Gasteiger partial charge in [-0.3, -0.25) is 4.79 Å². The molecule has 1 amide bonds. The highest BCUT2D eigenvalue weighted by Gasteiger charge is 2.24. The highest BCUT2D eigenvalue weighted by molar-refractivity contribution is 7.91. The summed E-state index contributed by atoms with van der Waals surface area (Å²) in [6, 6.07) is -0.138. The van der Waals surface area contributed by atoms with E-state index in [4.69, 9.17) is 11.6 Å². The van der Waals surface area contributed by atoms with E-state index in [0.717, 1.165) is 11.3 Å². The highest BCUT2D eigenvalue weighted by atomic mass is 35.5. The predicted octanol–water partition coefficient (Wildman–Crippen LogP) is 0.353. The molecule has 1 aromatic rings. The van der Waals surface area contributed by atoms with E-state index in [2.05, 4.69) is 15.0 Å². The molecule has 2 heterocycles. The molecule has 6 nitrogen and oxygen atoms in total. The first kappa shape index (κ1) is 12.7. The summed E-state index contributed by atoms with van der Waals surface area (Å²) in [6.45, 7) is 0.184. The van der Waals surface area contributed by atoms with Crippen LogP contribution in [0.1, 0.15) is 12.8 Å². The van der Waals surface area contributed by atoms with E-state index in [1.54, 1.807) is 0 Å². The first-order valence-corrected chi connectivity index (χ1v) is 7.55. The third-order valence-electron chi connectivity index (χ3n) is 2.33. The molecule has 1 unspecified atom stereocenters. The average molecular weight is 296 g/mol. The van der Waals surface area contributed by atoms with Gasteiger partial charge in [-0.1, -0.05) is 22.9 Å². The van der Waals surface area contributed by atoms with Crippen LogP contribution in [0, 0.1) is 0 Å². The van der Waals surface area contributed by atoms with Gasteiger partial charge in [0.25, 0.3) is 10.0 Å². The Bertz CT molecular complexity index is 528. The standard InChI is InChI=1S/C8H10ClN3O3S2/c9-8-10-4-7(16-8)17(14,15)11-3-5-1-2-6(13)12-5/h4-5,11H,1-3H2,(H,12,13). The van der Waals surface area contributed by atoms with Crippen LogP contribution >= 0.6 is 22.9 Å². The minimum absolute atomic E-state index is 0.0463. The fourth-order valence-electron chi connectivity index (χ4n) is 1.48. The number of halogens is 1. The number of thiazole rings is 1. The van der Waals surface area contributed by atoms with E-state index in [-0.39, 0.29) is 27.2 Å². The number of hydrogen-bond acceptors (Lipinski definition) is 5. The van der Waals surface area contributed by atoms with Gasteiger partial charge >= 0.3 is 0 Å². The first-order valence-electron chi connectivity index (χ1n) is 4.88. The largest absolute Gasteiger partial charge is 0.352 e. The van der Waals surface area contributed by atoms with E-state index in [1.807, 2.05) is 0 Å². The molecule has 1 fully saturated rings. The molecule has 2 N–H and O–H groups in total. The zero-order chi connectivity index (χ0) is 12.5. The first-order chi connectivity index (χ1) is 7.97. The number of aromatic nitrogens is 1. The minimum atomic E-state index is -3.57. The van der Waals surface area contributed by atoms with Gasteiger partial charge in [0.2, 0.25) is 5.91 Å². The smallest absolute Gasteiger partial charge is 0.251 e. The summed E-state index contributed by atoms with van der Waals surface area (Å²) in [5.41, 5.74) is 0. The molecule has 9 heteroatoms. The topological polar surface area (TPSA) is 88.2 Å². The van der Waals surface area contributed by atoms with Gasteiger partial charge in [0, 0.05) is 19.0 Å². The van der Waals surface area contributed by atoms with Gasteiger partial charge in [0.1, 0.15) is 0 Å². The lowest BCUT2D eigenvalue weighted by Gasteiger charge is -2.10. The maximum Gasteiger partial charge on any atom is 0.251 e. The van der Waals surface area contributed by atoms with Gasteiger partial charge in [0.15, 0.2) is 8.68 Å². The fourth-order valence-corrected chi connectivity index (χ4v) is 3.89. The Morgan fingerprint density at radius 3 is 2.94 bits per heavy atom. The summed E-state index contributed by atoms with van der Waals surface area (Å²) >= 11 is 6.47. The van der Waals surface area contributed by atoms with E-state index < -0.39 is 10.0 Å². The monoisotopic (exact) mass is 295 g/mol. The maximum atomic E-state index is 11.8. The average Bonchev–Trinajstić information content (AvgIpc) is 2.85. The van der Waals surface area contributed by atoms with Gasteiger partial charge < -0.3 is 5.32 Å². The second kappa shape index (κ2) is 4.89. The van der Waals surface area contributed by atoms with E-state index in [1.165, 1.54) is 6.20 Å². The molecule has 1 aromatic heterocycles. The van der Waals surface area contributed by atoms with Crippen molar-refractivity contribution in [3.05, 3.63) is 10.7 Å². The molecule has 2 rings (SSSR count). The van der Waals surface area contributed by atoms with Crippen molar-refractivity contribution in [3.63, 3.8) is 0 Å². The molecule has 0 aliphatic carbocycles. The Labute approximate surface area is 107 Å². The third-order valence-corrected chi connectivity index (χ3v) is 5.33. The number of amides is 1. The molecule has 17 heavy (non-hydrogen) atoms. The molecule has 0 aromatic carbocycles. The van der Waals surface area contributed by atoms with Crippen molar-refractivity contribution in [2.75, 3.05) is 6.54 Å². The van der Waals surface area contributed by atoms with Crippen LogP contribution in [0.15, 0.2) is 10.4 Å². The van der Waals surface area contributed by atoms with E-state index in [9.17, 15) is 13.2 Å². The molecular formula is C8H10ClN3O3S2. The van der Waals surface area contributed by atoms with E-state index >= 15 is 0 Å². The highest BCUT2D eigenvalue weighted by Crippen LogP contribution is 2.22. The van der Waals surface area contributed by atoms with Crippen LogP contribution in [0.4, 0.5) is 0 Å². The summed E-state index contributed by atoms with van der Waals surface area (Å²) in [7, 11) is -3.57. The summed E-state index contributed by atoms with van der Waals surface area (Å²) in [6.07, 6.45) is 2.30. The maximum absolute atomic E-state index is 11.8. The van der Waals surface area contributed by atoms with Crippen molar-refractivity contribution >= 4 is 38.9 Å². The molecule has 1 aliphatic heterocycles. The van der Waals surface area contributed by atoms with Crippen molar-refractivity contribution in [2.24, 2.45) is 0 Å². The zero-order valence-corrected chi connectivity index (χ0v) is 11.0.